The minimum Gasteiger partial charge on any atom is -0.370 e. The largest absolute Gasteiger partial charge is 0.370 e. The molecule has 1 aromatic heterocycles. The van der Waals surface area contributed by atoms with Crippen molar-refractivity contribution in [2.24, 2.45) is 5.92 Å². The smallest absolute Gasteiger partial charge is 0.231 e. The van der Waals surface area contributed by atoms with Crippen LogP contribution in [0, 0.1) is 5.92 Å². The van der Waals surface area contributed by atoms with Crippen molar-refractivity contribution in [3.63, 3.8) is 0 Å². The molecular weight excluding hydrogens is 260 g/mol. The third-order valence-electron chi connectivity index (χ3n) is 3.80. The van der Waals surface area contributed by atoms with Crippen molar-refractivity contribution in [2.45, 2.75) is 26.7 Å². The number of benzene rings is 1. The Morgan fingerprint density at radius 2 is 2.10 bits per heavy atom. The highest BCUT2D eigenvalue weighted by Gasteiger charge is 2.21. The van der Waals surface area contributed by atoms with Crippen LogP contribution in [0.4, 0.5) is 17.5 Å². The molecule has 0 saturated heterocycles. The Balaban J connectivity index is 1.75. The first kappa shape index (κ1) is 13.9. The zero-order valence-electron chi connectivity index (χ0n) is 12.7. The monoisotopic (exact) mass is 282 g/mol. The second kappa shape index (κ2) is 6.12. The molecule has 4 nitrogen and oxygen atoms in total. The van der Waals surface area contributed by atoms with Gasteiger partial charge in [0, 0.05) is 25.0 Å². The van der Waals surface area contributed by atoms with E-state index in [9.17, 15) is 0 Å². The predicted octanol–water partition coefficient (Wildman–Crippen LogP) is 3.63. The average Bonchev–Trinajstić information content (AvgIpc) is 2.91. The van der Waals surface area contributed by atoms with Gasteiger partial charge in [-0.1, -0.05) is 32.0 Å². The van der Waals surface area contributed by atoms with Crippen LogP contribution in [-0.2, 0) is 6.42 Å². The highest BCUT2D eigenvalue weighted by atomic mass is 15.3. The first-order chi connectivity index (χ1) is 10.2. The molecule has 0 radical (unpaired) electrons. The van der Waals surface area contributed by atoms with Crippen LogP contribution in [-0.4, -0.2) is 23.1 Å². The molecule has 0 bridgehead atoms. The van der Waals surface area contributed by atoms with E-state index in [1.807, 2.05) is 12.3 Å². The molecule has 1 aliphatic rings. The van der Waals surface area contributed by atoms with Gasteiger partial charge in [0.15, 0.2) is 0 Å². The van der Waals surface area contributed by atoms with Crippen molar-refractivity contribution in [1.82, 2.24) is 9.97 Å². The number of nitrogens with one attached hydrogen (secondary N) is 1. The molecule has 0 spiro atoms. The van der Waals surface area contributed by atoms with Crippen LogP contribution in [0.15, 0.2) is 36.5 Å². The summed E-state index contributed by atoms with van der Waals surface area (Å²) in [5.41, 5.74) is 2.61. The maximum Gasteiger partial charge on any atom is 0.231 e. The first-order valence-electron chi connectivity index (χ1n) is 7.66. The van der Waals surface area contributed by atoms with E-state index in [1.54, 1.807) is 0 Å². The maximum absolute atomic E-state index is 4.65. The van der Waals surface area contributed by atoms with Crippen LogP contribution < -0.4 is 10.2 Å². The maximum atomic E-state index is 4.65. The lowest BCUT2D eigenvalue weighted by Crippen LogP contribution is -2.17. The van der Waals surface area contributed by atoms with Gasteiger partial charge in [-0.3, -0.25) is 0 Å². The Labute approximate surface area is 126 Å². The summed E-state index contributed by atoms with van der Waals surface area (Å²) in [4.78, 5) is 11.3. The molecule has 0 fully saturated rings. The zero-order valence-corrected chi connectivity index (χ0v) is 12.7. The van der Waals surface area contributed by atoms with Crippen molar-refractivity contribution in [3.05, 3.63) is 42.1 Å². The molecule has 1 N–H and O–H groups in total. The van der Waals surface area contributed by atoms with Gasteiger partial charge < -0.3 is 10.2 Å². The number of hydrogen-bond acceptors (Lipinski definition) is 4. The van der Waals surface area contributed by atoms with Gasteiger partial charge >= 0.3 is 0 Å². The molecule has 4 heteroatoms. The summed E-state index contributed by atoms with van der Waals surface area (Å²) in [5.74, 6) is 2.39. The quantitative estimate of drug-likeness (QED) is 0.909. The van der Waals surface area contributed by atoms with Gasteiger partial charge in [-0.25, -0.2) is 4.98 Å². The van der Waals surface area contributed by atoms with Gasteiger partial charge in [-0.05, 0) is 36.5 Å². The van der Waals surface area contributed by atoms with Crippen LogP contribution in [0.3, 0.4) is 0 Å². The molecule has 0 unspecified atom stereocenters. The first-order valence-corrected chi connectivity index (χ1v) is 7.66. The number of hydrogen-bond donors (Lipinski definition) is 1. The van der Waals surface area contributed by atoms with E-state index in [-0.39, 0.29) is 0 Å². The number of fused-ring (bicyclic) bond motifs is 1. The van der Waals surface area contributed by atoms with Gasteiger partial charge in [-0.2, -0.15) is 4.98 Å². The van der Waals surface area contributed by atoms with E-state index < -0.39 is 0 Å². The van der Waals surface area contributed by atoms with Gasteiger partial charge in [0.25, 0.3) is 0 Å². The third-order valence-corrected chi connectivity index (χ3v) is 3.80. The van der Waals surface area contributed by atoms with E-state index in [4.69, 9.17) is 0 Å². The van der Waals surface area contributed by atoms with E-state index in [0.717, 1.165) is 37.7 Å². The number of aromatic nitrogens is 2. The Morgan fingerprint density at radius 1 is 1.24 bits per heavy atom. The summed E-state index contributed by atoms with van der Waals surface area (Å²) in [7, 11) is 0. The van der Waals surface area contributed by atoms with Crippen LogP contribution in [0.25, 0.3) is 0 Å². The molecule has 1 aromatic carbocycles. The summed E-state index contributed by atoms with van der Waals surface area (Å²) in [6.07, 6.45) is 4.04. The fourth-order valence-electron chi connectivity index (χ4n) is 2.61. The topological polar surface area (TPSA) is 41.1 Å². The lowest BCUT2D eigenvalue weighted by Gasteiger charge is -2.17. The molecule has 21 heavy (non-hydrogen) atoms. The summed E-state index contributed by atoms with van der Waals surface area (Å²) in [6, 6.07) is 10.4. The summed E-state index contributed by atoms with van der Waals surface area (Å²) < 4.78 is 0. The van der Waals surface area contributed by atoms with E-state index >= 15 is 0 Å². The lowest BCUT2D eigenvalue weighted by molar-refractivity contribution is 0.606. The van der Waals surface area contributed by atoms with E-state index in [2.05, 4.69) is 58.3 Å². The highest BCUT2D eigenvalue weighted by Crippen LogP contribution is 2.32. The molecule has 2 heterocycles. The summed E-state index contributed by atoms with van der Waals surface area (Å²) >= 11 is 0. The standard InChI is InChI=1S/C17H22N4/c1-13(2)7-10-18-16-8-11-19-17(20-16)21-12-9-14-5-3-4-6-15(14)21/h3-6,8,11,13H,7,9-10,12H2,1-2H3,(H,18,19,20). The van der Waals surface area contributed by atoms with Crippen LogP contribution in [0.2, 0.25) is 0 Å². The van der Waals surface area contributed by atoms with Crippen molar-refractivity contribution in [1.29, 1.82) is 0 Å². The Morgan fingerprint density at radius 3 is 2.95 bits per heavy atom. The molecule has 0 aliphatic carbocycles. The number of para-hydroxylation sites is 1. The fourth-order valence-corrected chi connectivity index (χ4v) is 2.61. The molecule has 110 valence electrons. The minimum absolute atomic E-state index is 0.698. The fraction of sp³-hybridized carbons (Fsp3) is 0.412. The summed E-state index contributed by atoms with van der Waals surface area (Å²) in [5, 5.41) is 3.39. The molecule has 2 aromatic rings. The van der Waals surface area contributed by atoms with Crippen LogP contribution in [0.5, 0.6) is 0 Å². The van der Waals surface area contributed by atoms with Crippen molar-refractivity contribution < 1.29 is 0 Å². The normalized spacial score (nSPS) is 13.6. The zero-order chi connectivity index (χ0) is 14.7. The van der Waals surface area contributed by atoms with Gasteiger partial charge in [0.1, 0.15) is 5.82 Å². The SMILES string of the molecule is CC(C)CCNc1ccnc(N2CCc3ccccc32)n1. The summed E-state index contributed by atoms with van der Waals surface area (Å²) in [6.45, 7) is 6.36. The molecule has 0 saturated carbocycles. The van der Waals surface area contributed by atoms with E-state index in [0.29, 0.717) is 5.92 Å². The molecule has 0 atom stereocenters. The lowest BCUT2D eigenvalue weighted by atomic mass is 10.1. The molecule has 3 rings (SSSR count). The van der Waals surface area contributed by atoms with E-state index in [1.165, 1.54) is 11.3 Å². The number of anilines is 3. The molecule has 1 aliphatic heterocycles. The van der Waals surface area contributed by atoms with Crippen molar-refractivity contribution >= 4 is 17.5 Å². The highest BCUT2D eigenvalue weighted by molar-refractivity contribution is 5.66. The second-order valence-electron chi connectivity index (χ2n) is 5.88. The van der Waals surface area contributed by atoms with Gasteiger partial charge in [-0.15, -0.1) is 0 Å². The Bertz CT molecular complexity index is 609. The minimum atomic E-state index is 0.698. The van der Waals surface area contributed by atoms with Crippen LogP contribution in [0.1, 0.15) is 25.8 Å². The second-order valence-corrected chi connectivity index (χ2v) is 5.88. The molecule has 0 amide bonds. The van der Waals surface area contributed by atoms with Gasteiger partial charge in [0.05, 0.1) is 0 Å². The predicted molar refractivity (Wildman–Crippen MR) is 87.1 cm³/mol. The Hall–Kier alpha value is -2.10. The number of rotatable bonds is 5. The van der Waals surface area contributed by atoms with Crippen LogP contribution >= 0.6 is 0 Å². The van der Waals surface area contributed by atoms with Crippen molar-refractivity contribution in [3.8, 4) is 0 Å². The number of nitrogens with zero attached hydrogens (tertiary/aromatic N) is 3. The van der Waals surface area contributed by atoms with Crippen molar-refractivity contribution in [2.75, 3.05) is 23.3 Å². The third kappa shape index (κ3) is 3.15. The van der Waals surface area contributed by atoms with Gasteiger partial charge in [0.2, 0.25) is 5.95 Å². The average molecular weight is 282 g/mol. The Kier molecular flexibility index (Phi) is 4.04. The molecular formula is C17H22N4.